The monoisotopic (exact) mass is 289 g/mol. The number of rotatable bonds is 6. The maximum atomic E-state index is 6.31. The quantitative estimate of drug-likeness (QED) is 0.859. The summed E-state index contributed by atoms with van der Waals surface area (Å²) >= 11 is 6.31. The molecule has 2 nitrogen and oxygen atoms in total. The summed E-state index contributed by atoms with van der Waals surface area (Å²) in [5.74, 6) is 0.886. The minimum Gasteiger partial charge on any atom is -0.497 e. The van der Waals surface area contributed by atoms with E-state index in [4.69, 9.17) is 16.3 Å². The second-order valence-corrected chi connectivity index (χ2v) is 5.09. The Hall–Kier alpha value is -1.51. The van der Waals surface area contributed by atoms with E-state index in [2.05, 4.69) is 30.4 Å². The van der Waals surface area contributed by atoms with Gasteiger partial charge >= 0.3 is 0 Å². The van der Waals surface area contributed by atoms with Gasteiger partial charge < -0.3 is 10.1 Å². The molecule has 106 valence electrons. The molecule has 20 heavy (non-hydrogen) atoms. The lowest BCUT2D eigenvalue weighted by Gasteiger charge is -2.20. The highest BCUT2D eigenvalue weighted by molar-refractivity contribution is 6.31. The van der Waals surface area contributed by atoms with E-state index in [1.807, 2.05) is 30.3 Å². The molecule has 0 saturated heterocycles. The van der Waals surface area contributed by atoms with E-state index in [0.717, 1.165) is 29.3 Å². The van der Waals surface area contributed by atoms with Crippen LogP contribution in [0, 0.1) is 0 Å². The van der Waals surface area contributed by atoms with Crippen LogP contribution in [0.2, 0.25) is 5.02 Å². The van der Waals surface area contributed by atoms with Crippen molar-refractivity contribution in [2.24, 2.45) is 0 Å². The minimum absolute atomic E-state index is 0.209. The van der Waals surface area contributed by atoms with Crippen molar-refractivity contribution >= 4 is 11.6 Å². The summed E-state index contributed by atoms with van der Waals surface area (Å²) in [6.45, 7) is 3.01. The molecule has 3 heteroatoms. The molecule has 1 N–H and O–H groups in total. The zero-order valence-corrected chi connectivity index (χ0v) is 12.7. The molecule has 0 fully saturated rings. The molecular weight excluding hydrogens is 270 g/mol. The molecule has 0 radical (unpaired) electrons. The van der Waals surface area contributed by atoms with Gasteiger partial charge in [0.15, 0.2) is 0 Å². The van der Waals surface area contributed by atoms with Crippen LogP contribution in [0.15, 0.2) is 48.5 Å². The Morgan fingerprint density at radius 2 is 1.95 bits per heavy atom. The van der Waals surface area contributed by atoms with Gasteiger partial charge in [-0.2, -0.15) is 0 Å². The highest BCUT2D eigenvalue weighted by atomic mass is 35.5. The minimum atomic E-state index is 0.209. The average Bonchev–Trinajstić information content (AvgIpc) is 2.47. The summed E-state index contributed by atoms with van der Waals surface area (Å²) < 4.78 is 5.28. The van der Waals surface area contributed by atoms with Crippen LogP contribution in [0.5, 0.6) is 5.75 Å². The van der Waals surface area contributed by atoms with E-state index < -0.39 is 0 Å². The number of halogens is 1. The summed E-state index contributed by atoms with van der Waals surface area (Å²) in [7, 11) is 1.69. The summed E-state index contributed by atoms with van der Waals surface area (Å²) in [6, 6.07) is 16.4. The van der Waals surface area contributed by atoms with Crippen LogP contribution in [0.25, 0.3) is 0 Å². The molecule has 1 atom stereocenters. The van der Waals surface area contributed by atoms with Crippen molar-refractivity contribution < 1.29 is 4.74 Å². The van der Waals surface area contributed by atoms with Gasteiger partial charge in [0.2, 0.25) is 0 Å². The zero-order chi connectivity index (χ0) is 14.4. The van der Waals surface area contributed by atoms with Gasteiger partial charge in [-0.1, -0.05) is 48.9 Å². The molecule has 1 unspecified atom stereocenters. The normalized spacial score (nSPS) is 12.2. The molecule has 0 aliphatic rings. The first-order valence-corrected chi connectivity index (χ1v) is 7.23. The van der Waals surface area contributed by atoms with Gasteiger partial charge in [-0.05, 0) is 42.3 Å². The predicted octanol–water partition coefficient (Wildman–Crippen LogP) is 4.24. The SMILES string of the molecule is CCNC(Cc1cccc(OC)c1)c1ccccc1Cl. The fourth-order valence-corrected chi connectivity index (χ4v) is 2.60. The number of ether oxygens (including phenoxy) is 1. The average molecular weight is 290 g/mol. The standard InChI is InChI=1S/C17H20ClNO/c1-3-19-17(15-9-4-5-10-16(15)18)12-13-7-6-8-14(11-13)20-2/h4-11,17,19H,3,12H2,1-2H3. The number of likely N-dealkylation sites (N-methyl/N-ethyl adjacent to an activating group) is 1. The lowest BCUT2D eigenvalue weighted by Crippen LogP contribution is -2.23. The van der Waals surface area contributed by atoms with E-state index in [9.17, 15) is 0 Å². The van der Waals surface area contributed by atoms with E-state index >= 15 is 0 Å². The Labute approximate surface area is 125 Å². The number of benzene rings is 2. The topological polar surface area (TPSA) is 21.3 Å². The van der Waals surface area contributed by atoms with Crippen molar-refractivity contribution in [3.8, 4) is 5.75 Å². The number of nitrogens with one attached hydrogen (secondary N) is 1. The third-order valence-electron chi connectivity index (χ3n) is 3.31. The molecule has 2 aromatic carbocycles. The highest BCUT2D eigenvalue weighted by Gasteiger charge is 2.14. The Bertz CT molecular complexity index is 556. The van der Waals surface area contributed by atoms with Crippen molar-refractivity contribution in [1.82, 2.24) is 5.32 Å². The van der Waals surface area contributed by atoms with E-state index in [1.165, 1.54) is 5.56 Å². The van der Waals surface area contributed by atoms with Crippen LogP contribution in [-0.2, 0) is 6.42 Å². The van der Waals surface area contributed by atoms with Gasteiger partial charge in [0.1, 0.15) is 5.75 Å². The second-order valence-electron chi connectivity index (χ2n) is 4.69. The molecule has 2 rings (SSSR count). The van der Waals surface area contributed by atoms with Gasteiger partial charge in [-0.3, -0.25) is 0 Å². The fourth-order valence-electron chi connectivity index (χ4n) is 2.33. The van der Waals surface area contributed by atoms with Crippen LogP contribution in [0.1, 0.15) is 24.1 Å². The third kappa shape index (κ3) is 3.75. The van der Waals surface area contributed by atoms with Crippen molar-refractivity contribution in [3.05, 3.63) is 64.7 Å². The lowest BCUT2D eigenvalue weighted by atomic mass is 9.98. The maximum Gasteiger partial charge on any atom is 0.119 e. The Morgan fingerprint density at radius 1 is 1.15 bits per heavy atom. The van der Waals surface area contributed by atoms with E-state index in [0.29, 0.717) is 0 Å². The number of hydrogen-bond acceptors (Lipinski definition) is 2. The first-order valence-electron chi connectivity index (χ1n) is 6.85. The smallest absolute Gasteiger partial charge is 0.119 e. The predicted molar refractivity (Wildman–Crippen MR) is 84.6 cm³/mol. The Balaban J connectivity index is 2.23. The molecular formula is C17H20ClNO. The van der Waals surface area contributed by atoms with Crippen molar-refractivity contribution in [2.45, 2.75) is 19.4 Å². The molecule has 0 heterocycles. The van der Waals surface area contributed by atoms with Crippen LogP contribution < -0.4 is 10.1 Å². The van der Waals surface area contributed by atoms with Gasteiger partial charge in [-0.25, -0.2) is 0 Å². The number of hydrogen-bond donors (Lipinski definition) is 1. The molecule has 0 spiro atoms. The third-order valence-corrected chi connectivity index (χ3v) is 3.65. The first kappa shape index (κ1) is 14.9. The van der Waals surface area contributed by atoms with Gasteiger partial charge in [0.05, 0.1) is 7.11 Å². The molecule has 0 saturated carbocycles. The summed E-state index contributed by atoms with van der Waals surface area (Å²) in [4.78, 5) is 0. The molecule has 0 aliphatic heterocycles. The summed E-state index contributed by atoms with van der Waals surface area (Å²) in [5, 5.41) is 4.31. The lowest BCUT2D eigenvalue weighted by molar-refractivity contribution is 0.414. The molecule has 0 aliphatic carbocycles. The molecule has 0 bridgehead atoms. The van der Waals surface area contributed by atoms with Gasteiger partial charge in [0.25, 0.3) is 0 Å². The van der Waals surface area contributed by atoms with Crippen LogP contribution in [0.4, 0.5) is 0 Å². The maximum absolute atomic E-state index is 6.31. The zero-order valence-electron chi connectivity index (χ0n) is 11.9. The Morgan fingerprint density at radius 3 is 2.65 bits per heavy atom. The number of methoxy groups -OCH3 is 1. The largest absolute Gasteiger partial charge is 0.497 e. The first-order chi connectivity index (χ1) is 9.74. The Kier molecular flexibility index (Phi) is 5.45. The van der Waals surface area contributed by atoms with Crippen molar-refractivity contribution in [1.29, 1.82) is 0 Å². The van der Waals surface area contributed by atoms with Crippen molar-refractivity contribution in [2.75, 3.05) is 13.7 Å². The van der Waals surface area contributed by atoms with Crippen molar-refractivity contribution in [3.63, 3.8) is 0 Å². The highest BCUT2D eigenvalue weighted by Crippen LogP contribution is 2.26. The van der Waals surface area contributed by atoms with Crippen LogP contribution >= 0.6 is 11.6 Å². The molecule has 0 aromatic heterocycles. The second kappa shape index (κ2) is 7.32. The van der Waals surface area contributed by atoms with Gasteiger partial charge in [-0.15, -0.1) is 0 Å². The van der Waals surface area contributed by atoms with Crippen LogP contribution in [0.3, 0.4) is 0 Å². The molecule has 0 amide bonds. The molecule has 2 aromatic rings. The van der Waals surface area contributed by atoms with Crippen LogP contribution in [-0.4, -0.2) is 13.7 Å². The van der Waals surface area contributed by atoms with E-state index in [-0.39, 0.29) is 6.04 Å². The van der Waals surface area contributed by atoms with E-state index in [1.54, 1.807) is 7.11 Å². The fraction of sp³-hybridized carbons (Fsp3) is 0.294. The summed E-state index contributed by atoms with van der Waals surface area (Å²) in [6.07, 6.45) is 0.884. The summed E-state index contributed by atoms with van der Waals surface area (Å²) in [5.41, 5.74) is 2.37. The van der Waals surface area contributed by atoms with Gasteiger partial charge in [0, 0.05) is 11.1 Å².